The monoisotopic (exact) mass is 412 g/mol. The van der Waals surface area contributed by atoms with Gasteiger partial charge in [0, 0.05) is 31.9 Å². The van der Waals surface area contributed by atoms with Crippen LogP contribution in [0.1, 0.15) is 35.8 Å². The zero-order valence-corrected chi connectivity index (χ0v) is 17.3. The molecule has 3 heterocycles. The molecule has 0 saturated carbocycles. The van der Waals surface area contributed by atoms with Crippen molar-refractivity contribution in [3.05, 3.63) is 71.9 Å². The number of ether oxygens (including phenoxy) is 1. The SMILES string of the molecule is COc1cccc(Cc2cccc(C3CCCN3S(=O)(=O)c3cn(C)cn3)n2)c1. The molecule has 0 aliphatic carbocycles. The number of hydrogen-bond donors (Lipinski definition) is 0. The Bertz CT molecular complexity index is 1110. The minimum Gasteiger partial charge on any atom is -0.497 e. The molecule has 1 saturated heterocycles. The highest BCUT2D eigenvalue weighted by Crippen LogP contribution is 2.35. The minimum absolute atomic E-state index is 0.0828. The number of sulfonamides is 1. The Morgan fingerprint density at radius 3 is 2.79 bits per heavy atom. The van der Waals surface area contributed by atoms with Crippen molar-refractivity contribution < 1.29 is 13.2 Å². The van der Waals surface area contributed by atoms with Crippen LogP contribution in [-0.4, -0.2) is 40.9 Å². The van der Waals surface area contributed by atoms with Gasteiger partial charge in [0.1, 0.15) is 5.75 Å². The molecule has 4 rings (SSSR count). The first kappa shape index (κ1) is 19.6. The lowest BCUT2D eigenvalue weighted by Gasteiger charge is -2.23. The fourth-order valence-corrected chi connectivity index (χ4v) is 5.38. The van der Waals surface area contributed by atoms with Gasteiger partial charge in [-0.2, -0.15) is 4.31 Å². The van der Waals surface area contributed by atoms with E-state index in [-0.39, 0.29) is 11.1 Å². The van der Waals surface area contributed by atoms with E-state index in [0.29, 0.717) is 13.0 Å². The average Bonchev–Trinajstić information content (AvgIpc) is 3.38. The minimum atomic E-state index is -3.65. The lowest BCUT2D eigenvalue weighted by molar-refractivity contribution is 0.388. The van der Waals surface area contributed by atoms with Crippen molar-refractivity contribution >= 4 is 10.0 Å². The molecule has 0 amide bonds. The molecule has 1 aromatic carbocycles. The molecular weight excluding hydrogens is 388 g/mol. The largest absolute Gasteiger partial charge is 0.497 e. The van der Waals surface area contributed by atoms with Gasteiger partial charge in [0.15, 0.2) is 5.03 Å². The zero-order chi connectivity index (χ0) is 20.4. The summed E-state index contributed by atoms with van der Waals surface area (Å²) >= 11 is 0. The van der Waals surface area contributed by atoms with E-state index >= 15 is 0 Å². The summed E-state index contributed by atoms with van der Waals surface area (Å²) in [6.07, 6.45) is 5.26. The van der Waals surface area contributed by atoms with Gasteiger partial charge in [0.05, 0.1) is 25.2 Å². The van der Waals surface area contributed by atoms with Crippen LogP contribution in [0.25, 0.3) is 0 Å². The van der Waals surface area contributed by atoms with Crippen molar-refractivity contribution in [3.8, 4) is 5.75 Å². The highest BCUT2D eigenvalue weighted by Gasteiger charge is 2.38. The van der Waals surface area contributed by atoms with Crippen molar-refractivity contribution in [1.82, 2.24) is 18.8 Å². The van der Waals surface area contributed by atoms with Crippen molar-refractivity contribution in [2.45, 2.75) is 30.3 Å². The van der Waals surface area contributed by atoms with Gasteiger partial charge in [-0.3, -0.25) is 4.98 Å². The predicted molar refractivity (Wildman–Crippen MR) is 109 cm³/mol. The summed E-state index contributed by atoms with van der Waals surface area (Å²) in [5.41, 5.74) is 2.78. The van der Waals surface area contributed by atoms with Crippen LogP contribution in [0.5, 0.6) is 5.75 Å². The van der Waals surface area contributed by atoms with Gasteiger partial charge >= 0.3 is 0 Å². The van der Waals surface area contributed by atoms with E-state index in [2.05, 4.69) is 4.98 Å². The summed E-state index contributed by atoms with van der Waals surface area (Å²) in [6.45, 7) is 0.478. The van der Waals surface area contributed by atoms with E-state index < -0.39 is 10.0 Å². The number of hydrogen-bond acceptors (Lipinski definition) is 5. The summed E-state index contributed by atoms with van der Waals surface area (Å²) < 4.78 is 34.6. The number of aromatic nitrogens is 3. The van der Waals surface area contributed by atoms with E-state index in [4.69, 9.17) is 9.72 Å². The Hall–Kier alpha value is -2.71. The number of methoxy groups -OCH3 is 1. The molecule has 1 aliphatic heterocycles. The molecule has 152 valence electrons. The second-order valence-corrected chi connectivity index (χ2v) is 9.07. The number of nitrogens with zero attached hydrogens (tertiary/aromatic N) is 4. The van der Waals surface area contributed by atoms with E-state index in [9.17, 15) is 8.42 Å². The lowest BCUT2D eigenvalue weighted by atomic mass is 10.1. The second-order valence-electron chi connectivity index (χ2n) is 7.23. The first-order chi connectivity index (χ1) is 14.0. The molecular formula is C21H24N4O3S. The molecule has 8 heteroatoms. The number of pyridine rings is 1. The van der Waals surface area contributed by atoms with E-state index in [0.717, 1.165) is 35.5 Å². The molecule has 1 fully saturated rings. The number of benzene rings is 1. The molecule has 0 radical (unpaired) electrons. The second kappa shape index (κ2) is 7.96. The molecule has 29 heavy (non-hydrogen) atoms. The molecule has 7 nitrogen and oxygen atoms in total. The van der Waals surface area contributed by atoms with E-state index in [1.807, 2.05) is 42.5 Å². The van der Waals surface area contributed by atoms with Gasteiger partial charge in [0.2, 0.25) is 0 Å². The third-order valence-electron chi connectivity index (χ3n) is 5.15. The summed E-state index contributed by atoms with van der Waals surface area (Å²) in [5, 5.41) is 0.0828. The first-order valence-corrected chi connectivity index (χ1v) is 11.0. The Morgan fingerprint density at radius 1 is 1.21 bits per heavy atom. The van der Waals surface area contributed by atoms with Crippen LogP contribution in [-0.2, 0) is 23.5 Å². The molecule has 1 aliphatic rings. The van der Waals surface area contributed by atoms with Gasteiger partial charge in [0.25, 0.3) is 10.0 Å². The fourth-order valence-electron chi connectivity index (χ4n) is 3.74. The van der Waals surface area contributed by atoms with Crippen LogP contribution >= 0.6 is 0 Å². The Kier molecular flexibility index (Phi) is 5.38. The smallest absolute Gasteiger partial charge is 0.262 e. The normalized spacial score (nSPS) is 17.5. The molecule has 3 aromatic rings. The van der Waals surface area contributed by atoms with Gasteiger partial charge in [-0.25, -0.2) is 13.4 Å². The zero-order valence-electron chi connectivity index (χ0n) is 16.5. The standard InChI is InChI=1S/C21H24N4O3S/c1-24-14-21(22-15-24)29(26,27)25-11-5-10-20(25)19-9-4-7-17(23-19)12-16-6-3-8-18(13-16)28-2/h3-4,6-9,13-15,20H,5,10-12H2,1-2H3. The first-order valence-electron chi connectivity index (χ1n) is 9.56. The van der Waals surface area contributed by atoms with Crippen LogP contribution in [0.3, 0.4) is 0 Å². The molecule has 2 aromatic heterocycles. The van der Waals surface area contributed by atoms with Gasteiger partial charge in [-0.15, -0.1) is 0 Å². The number of rotatable bonds is 6. The predicted octanol–water partition coefficient (Wildman–Crippen LogP) is 2.94. The Morgan fingerprint density at radius 2 is 2.03 bits per heavy atom. The van der Waals surface area contributed by atoms with Crippen LogP contribution in [0.15, 0.2) is 60.0 Å². The van der Waals surface area contributed by atoms with Crippen LogP contribution in [0.2, 0.25) is 0 Å². The Labute approximate surface area is 171 Å². The lowest BCUT2D eigenvalue weighted by Crippen LogP contribution is -2.31. The van der Waals surface area contributed by atoms with E-state index in [1.54, 1.807) is 18.7 Å². The number of aryl methyl sites for hydroxylation is 1. The number of imidazole rings is 1. The molecule has 0 bridgehead atoms. The van der Waals surface area contributed by atoms with Gasteiger partial charge in [-0.05, 0) is 42.7 Å². The summed E-state index contributed by atoms with van der Waals surface area (Å²) in [5.74, 6) is 0.807. The Balaban J connectivity index is 1.60. The highest BCUT2D eigenvalue weighted by atomic mass is 32.2. The van der Waals surface area contributed by atoms with Crippen LogP contribution < -0.4 is 4.74 Å². The third-order valence-corrected chi connectivity index (χ3v) is 6.94. The van der Waals surface area contributed by atoms with Crippen molar-refractivity contribution in [2.75, 3.05) is 13.7 Å². The van der Waals surface area contributed by atoms with Gasteiger partial charge in [-0.1, -0.05) is 18.2 Å². The molecule has 0 spiro atoms. The van der Waals surface area contributed by atoms with Crippen LogP contribution in [0, 0.1) is 0 Å². The van der Waals surface area contributed by atoms with Crippen molar-refractivity contribution in [1.29, 1.82) is 0 Å². The molecule has 1 unspecified atom stereocenters. The maximum atomic E-state index is 13.1. The maximum Gasteiger partial charge on any atom is 0.262 e. The topological polar surface area (TPSA) is 77.3 Å². The quantitative estimate of drug-likeness (QED) is 0.622. The van der Waals surface area contributed by atoms with Crippen molar-refractivity contribution in [2.24, 2.45) is 7.05 Å². The van der Waals surface area contributed by atoms with Gasteiger partial charge < -0.3 is 9.30 Å². The fraction of sp³-hybridized carbons (Fsp3) is 0.333. The summed E-state index contributed by atoms with van der Waals surface area (Å²) in [7, 11) is -0.243. The highest BCUT2D eigenvalue weighted by molar-refractivity contribution is 7.89. The van der Waals surface area contributed by atoms with Crippen molar-refractivity contribution in [3.63, 3.8) is 0 Å². The van der Waals surface area contributed by atoms with Crippen LogP contribution in [0.4, 0.5) is 0 Å². The average molecular weight is 413 g/mol. The maximum absolute atomic E-state index is 13.1. The molecule has 0 N–H and O–H groups in total. The summed E-state index contributed by atoms with van der Waals surface area (Å²) in [6, 6.07) is 13.4. The molecule has 1 atom stereocenters. The van der Waals surface area contributed by atoms with E-state index in [1.165, 1.54) is 16.8 Å². The summed E-state index contributed by atoms with van der Waals surface area (Å²) in [4.78, 5) is 8.85. The third kappa shape index (κ3) is 4.04.